The van der Waals surface area contributed by atoms with Crippen LogP contribution in [0, 0.1) is 5.92 Å². The molecule has 0 atom stereocenters. The Morgan fingerprint density at radius 1 is 0.857 bits per heavy atom. The van der Waals surface area contributed by atoms with Crippen molar-refractivity contribution >= 4 is 44.2 Å². The van der Waals surface area contributed by atoms with Gasteiger partial charge < -0.3 is 9.47 Å². The van der Waals surface area contributed by atoms with Crippen molar-refractivity contribution in [3.05, 3.63) is 65.2 Å². The molecule has 0 radical (unpaired) electrons. The molecule has 1 aliphatic heterocycles. The third-order valence-corrected chi connectivity index (χ3v) is 9.11. The third-order valence-electron chi connectivity index (χ3n) is 7.86. The van der Waals surface area contributed by atoms with Gasteiger partial charge in [-0.25, -0.2) is 13.3 Å². The number of amides is 3. The number of sulfonamides is 1. The molecule has 1 heterocycles. The minimum Gasteiger partial charge on any atom is -0.492 e. The lowest BCUT2D eigenvalue weighted by Crippen LogP contribution is -2.32. The zero-order chi connectivity index (χ0) is 29.9. The molecular weight excluding hydrogens is 556 g/mol. The van der Waals surface area contributed by atoms with Crippen LogP contribution in [0.3, 0.4) is 0 Å². The zero-order valence-corrected chi connectivity index (χ0v) is 24.8. The molecule has 0 saturated heterocycles. The Hall–Kier alpha value is -3.92. The number of hydrogen-bond acceptors (Lipinski definition) is 7. The Morgan fingerprint density at radius 2 is 1.40 bits per heavy atom. The molecule has 0 aromatic heterocycles. The number of imide groups is 1. The highest BCUT2D eigenvalue weighted by atomic mass is 32.2. The summed E-state index contributed by atoms with van der Waals surface area (Å²) in [5.74, 6) is -0.852. The molecule has 1 N–H and O–H groups in total. The van der Waals surface area contributed by atoms with E-state index in [0.717, 1.165) is 17.7 Å². The van der Waals surface area contributed by atoms with Gasteiger partial charge in [-0.2, -0.15) is 0 Å². The Morgan fingerprint density at radius 3 is 1.93 bits per heavy atom. The lowest BCUT2D eigenvalue weighted by atomic mass is 9.86. The molecule has 5 rings (SSSR count). The van der Waals surface area contributed by atoms with E-state index in [1.807, 2.05) is 38.1 Å². The molecule has 222 valence electrons. The van der Waals surface area contributed by atoms with E-state index in [1.165, 1.54) is 43.5 Å². The van der Waals surface area contributed by atoms with Crippen LogP contribution in [0.1, 0.15) is 85.1 Å². The summed E-state index contributed by atoms with van der Waals surface area (Å²) in [4.78, 5) is 40.9. The van der Waals surface area contributed by atoms with Crippen molar-refractivity contribution in [1.29, 1.82) is 0 Å². The van der Waals surface area contributed by atoms with Crippen LogP contribution in [-0.4, -0.2) is 39.4 Å². The van der Waals surface area contributed by atoms with E-state index in [0.29, 0.717) is 53.4 Å². The second-order valence-electron chi connectivity index (χ2n) is 10.8. The molecule has 42 heavy (non-hydrogen) atoms. The van der Waals surface area contributed by atoms with E-state index in [9.17, 15) is 22.8 Å². The fourth-order valence-corrected chi connectivity index (χ4v) is 7.11. The minimum atomic E-state index is -3.91. The molecule has 9 nitrogen and oxygen atoms in total. The van der Waals surface area contributed by atoms with Gasteiger partial charge in [0.2, 0.25) is 15.9 Å². The van der Waals surface area contributed by atoms with E-state index in [1.54, 1.807) is 0 Å². The van der Waals surface area contributed by atoms with Crippen molar-refractivity contribution in [2.45, 2.75) is 64.5 Å². The van der Waals surface area contributed by atoms with Crippen LogP contribution in [0.25, 0.3) is 10.8 Å². The molecule has 1 fully saturated rings. The quantitative estimate of drug-likeness (QED) is 0.282. The molecule has 0 spiro atoms. The van der Waals surface area contributed by atoms with Crippen molar-refractivity contribution in [3.63, 3.8) is 0 Å². The van der Waals surface area contributed by atoms with Crippen molar-refractivity contribution in [2.75, 3.05) is 18.1 Å². The summed E-state index contributed by atoms with van der Waals surface area (Å²) < 4.78 is 39.4. The summed E-state index contributed by atoms with van der Waals surface area (Å²) in [5, 5.41) is 1.34. The Labute approximate surface area is 246 Å². The average Bonchev–Trinajstić information content (AvgIpc) is 3.24. The molecule has 0 bridgehead atoms. The molecule has 2 aliphatic rings. The standard InChI is InChI=1S/C32H36N2O7S/c1-3-40-29-24-12-8-9-13-25(24)30(41-4-2)28-27(29)31(36)34(32(28)37)23-17-14-22(15-18-23)20-42(38,39)33-26(35)19-16-21-10-6-5-7-11-21/h8-9,12-15,17-18,21H,3-7,10-11,16,19-20H2,1-2H3,(H,33,35). The van der Waals surface area contributed by atoms with Gasteiger partial charge in [0.1, 0.15) is 11.5 Å². The minimum absolute atomic E-state index is 0.145. The number of benzene rings is 3. The second-order valence-corrected chi connectivity index (χ2v) is 12.5. The number of anilines is 1. The van der Waals surface area contributed by atoms with Gasteiger partial charge >= 0.3 is 0 Å². The molecule has 3 aromatic rings. The van der Waals surface area contributed by atoms with Crippen LogP contribution in [-0.2, 0) is 20.6 Å². The predicted octanol–water partition coefficient (Wildman–Crippen LogP) is 5.74. The van der Waals surface area contributed by atoms with Gasteiger partial charge in [0.05, 0.1) is 35.8 Å². The highest BCUT2D eigenvalue weighted by molar-refractivity contribution is 7.89. The maximum absolute atomic E-state index is 13.7. The second kappa shape index (κ2) is 12.5. The summed E-state index contributed by atoms with van der Waals surface area (Å²) in [6, 6.07) is 13.4. The maximum Gasteiger partial charge on any atom is 0.270 e. The number of fused-ring (bicyclic) bond motifs is 2. The first-order valence-electron chi connectivity index (χ1n) is 14.6. The fourth-order valence-electron chi connectivity index (χ4n) is 5.95. The molecule has 3 amide bonds. The van der Waals surface area contributed by atoms with E-state index in [4.69, 9.17) is 9.47 Å². The van der Waals surface area contributed by atoms with Crippen LogP contribution in [0.5, 0.6) is 11.5 Å². The average molecular weight is 593 g/mol. The first-order valence-corrected chi connectivity index (χ1v) is 16.2. The SMILES string of the molecule is CCOc1c2c(c(OCC)c3ccccc13)C(=O)N(c1ccc(CS(=O)(=O)NC(=O)CCC3CCCCC3)cc1)C2=O. The lowest BCUT2D eigenvalue weighted by molar-refractivity contribution is -0.119. The van der Waals surface area contributed by atoms with Gasteiger partial charge in [-0.05, 0) is 43.9 Å². The molecule has 3 aromatic carbocycles. The monoisotopic (exact) mass is 592 g/mol. The third kappa shape index (κ3) is 5.99. The van der Waals surface area contributed by atoms with Crippen LogP contribution in [0.15, 0.2) is 48.5 Å². The van der Waals surface area contributed by atoms with Gasteiger partial charge in [-0.3, -0.25) is 19.1 Å². The Balaban J connectivity index is 1.35. The number of hydrogen-bond donors (Lipinski definition) is 1. The van der Waals surface area contributed by atoms with Gasteiger partial charge in [0.25, 0.3) is 11.8 Å². The van der Waals surface area contributed by atoms with Crippen molar-refractivity contribution in [3.8, 4) is 11.5 Å². The van der Waals surface area contributed by atoms with E-state index < -0.39 is 33.5 Å². The van der Waals surface area contributed by atoms with Crippen LogP contribution < -0.4 is 19.1 Å². The summed E-state index contributed by atoms with van der Waals surface area (Å²) in [6.07, 6.45) is 6.62. The number of carbonyl (C=O) groups is 3. The largest absolute Gasteiger partial charge is 0.492 e. The van der Waals surface area contributed by atoms with Gasteiger partial charge in [0, 0.05) is 17.2 Å². The smallest absolute Gasteiger partial charge is 0.270 e. The number of carbonyl (C=O) groups excluding carboxylic acids is 3. The van der Waals surface area contributed by atoms with Crippen LogP contribution in [0.2, 0.25) is 0 Å². The highest BCUT2D eigenvalue weighted by Crippen LogP contribution is 2.46. The number of nitrogens with zero attached hydrogens (tertiary/aromatic N) is 1. The number of ether oxygens (including phenoxy) is 2. The topological polar surface area (TPSA) is 119 Å². The van der Waals surface area contributed by atoms with Gasteiger partial charge in [-0.1, -0.05) is 68.5 Å². The van der Waals surface area contributed by atoms with Crippen LogP contribution >= 0.6 is 0 Å². The summed E-state index contributed by atoms with van der Waals surface area (Å²) >= 11 is 0. The summed E-state index contributed by atoms with van der Waals surface area (Å²) in [5.41, 5.74) is 0.990. The first kappa shape index (κ1) is 29.6. The molecule has 1 aliphatic carbocycles. The van der Waals surface area contributed by atoms with Gasteiger partial charge in [-0.15, -0.1) is 0 Å². The van der Waals surface area contributed by atoms with E-state index >= 15 is 0 Å². The van der Waals surface area contributed by atoms with Crippen molar-refractivity contribution < 1.29 is 32.3 Å². The fraction of sp³-hybridized carbons (Fsp3) is 0.406. The first-order chi connectivity index (χ1) is 20.2. The number of nitrogens with one attached hydrogen (secondary N) is 1. The van der Waals surface area contributed by atoms with Gasteiger partial charge in [0.15, 0.2) is 0 Å². The molecule has 10 heteroatoms. The Kier molecular flexibility index (Phi) is 8.82. The molecular formula is C32H36N2O7S. The zero-order valence-electron chi connectivity index (χ0n) is 24.0. The molecule has 0 unspecified atom stereocenters. The summed E-state index contributed by atoms with van der Waals surface area (Å²) in [6.45, 7) is 4.21. The van der Waals surface area contributed by atoms with Crippen LogP contribution in [0.4, 0.5) is 5.69 Å². The summed E-state index contributed by atoms with van der Waals surface area (Å²) in [7, 11) is -3.91. The highest BCUT2D eigenvalue weighted by Gasteiger charge is 2.43. The van der Waals surface area contributed by atoms with E-state index in [2.05, 4.69) is 4.72 Å². The van der Waals surface area contributed by atoms with Crippen molar-refractivity contribution in [2.24, 2.45) is 5.92 Å². The molecule has 1 saturated carbocycles. The van der Waals surface area contributed by atoms with E-state index in [-0.39, 0.29) is 23.2 Å². The number of rotatable bonds is 11. The maximum atomic E-state index is 13.7. The lowest BCUT2D eigenvalue weighted by Gasteiger charge is -2.20. The predicted molar refractivity (Wildman–Crippen MR) is 160 cm³/mol. The Bertz CT molecular complexity index is 1550. The van der Waals surface area contributed by atoms with Crippen molar-refractivity contribution in [1.82, 2.24) is 4.72 Å². The normalized spacial score (nSPS) is 15.6.